The molecule has 0 radical (unpaired) electrons. The number of hydrogen-bond acceptors (Lipinski definition) is 3. The molecule has 2 aromatic rings. The van der Waals surface area contributed by atoms with Crippen molar-refractivity contribution in [3.8, 4) is 0 Å². The molecule has 0 aliphatic rings. The molecule has 0 saturated carbocycles. The fourth-order valence-electron chi connectivity index (χ4n) is 2.11. The van der Waals surface area contributed by atoms with Crippen molar-refractivity contribution in [2.24, 2.45) is 0 Å². The van der Waals surface area contributed by atoms with Crippen LogP contribution in [0.15, 0.2) is 42.5 Å². The Balaban J connectivity index is 1.90. The Morgan fingerprint density at radius 3 is 2.75 bits per heavy atom. The van der Waals surface area contributed by atoms with E-state index < -0.39 is 0 Å². The van der Waals surface area contributed by atoms with Gasteiger partial charge in [-0.3, -0.25) is 4.79 Å². The first kappa shape index (κ1) is 14.5. The first-order chi connectivity index (χ1) is 9.81. The van der Waals surface area contributed by atoms with Crippen LogP contribution in [0.25, 0.3) is 10.8 Å². The van der Waals surface area contributed by atoms with Crippen molar-refractivity contribution in [2.45, 2.75) is 6.42 Å². The van der Waals surface area contributed by atoms with Crippen LogP contribution in [-0.2, 0) is 16.0 Å². The Hall–Kier alpha value is -1.91. The van der Waals surface area contributed by atoms with E-state index in [4.69, 9.17) is 9.84 Å². The monoisotopic (exact) mass is 273 g/mol. The molecule has 0 spiro atoms. The van der Waals surface area contributed by atoms with Gasteiger partial charge in [0, 0.05) is 6.54 Å². The lowest BCUT2D eigenvalue weighted by molar-refractivity contribution is -0.120. The van der Waals surface area contributed by atoms with Crippen LogP contribution >= 0.6 is 0 Å². The topological polar surface area (TPSA) is 58.6 Å². The van der Waals surface area contributed by atoms with Crippen molar-refractivity contribution in [2.75, 3.05) is 26.4 Å². The van der Waals surface area contributed by atoms with Gasteiger partial charge in [0.1, 0.15) is 0 Å². The molecule has 2 N–H and O–H groups in total. The molecule has 4 nitrogen and oxygen atoms in total. The summed E-state index contributed by atoms with van der Waals surface area (Å²) in [6.07, 6.45) is 0.362. The number of aliphatic hydroxyl groups excluding tert-OH is 1. The van der Waals surface area contributed by atoms with Gasteiger partial charge >= 0.3 is 0 Å². The van der Waals surface area contributed by atoms with Crippen molar-refractivity contribution in [3.05, 3.63) is 48.0 Å². The number of hydrogen-bond donors (Lipinski definition) is 2. The van der Waals surface area contributed by atoms with Crippen molar-refractivity contribution < 1.29 is 14.6 Å². The van der Waals surface area contributed by atoms with Crippen LogP contribution in [0, 0.1) is 0 Å². The fraction of sp³-hybridized carbons (Fsp3) is 0.312. The van der Waals surface area contributed by atoms with Gasteiger partial charge in [0.05, 0.1) is 26.2 Å². The van der Waals surface area contributed by atoms with Crippen LogP contribution in [0.2, 0.25) is 0 Å². The molecule has 20 heavy (non-hydrogen) atoms. The summed E-state index contributed by atoms with van der Waals surface area (Å²) in [5, 5.41) is 13.6. The lowest BCUT2D eigenvalue weighted by Gasteiger charge is -2.08. The van der Waals surface area contributed by atoms with Gasteiger partial charge in [0.15, 0.2) is 0 Å². The van der Waals surface area contributed by atoms with E-state index in [1.807, 2.05) is 42.5 Å². The van der Waals surface area contributed by atoms with E-state index in [2.05, 4.69) is 5.32 Å². The third-order valence-corrected chi connectivity index (χ3v) is 3.04. The molecule has 0 bridgehead atoms. The average Bonchev–Trinajstić information content (AvgIpc) is 2.47. The number of carbonyl (C=O) groups excluding carboxylic acids is 1. The summed E-state index contributed by atoms with van der Waals surface area (Å²) in [7, 11) is 0. The molecule has 0 aliphatic carbocycles. The number of aliphatic hydroxyl groups is 1. The standard InChI is InChI=1S/C16H19NO3/c18-9-11-20-10-8-17-16(19)12-14-6-3-5-13-4-1-2-7-15(13)14/h1-7,18H,8-12H2,(H,17,19). The molecule has 0 fully saturated rings. The number of nitrogens with one attached hydrogen (secondary N) is 1. The number of amides is 1. The van der Waals surface area contributed by atoms with Crippen LogP contribution in [0.1, 0.15) is 5.56 Å². The molecule has 1 amide bonds. The minimum absolute atomic E-state index is 0.00392. The molecule has 0 saturated heterocycles. The normalized spacial score (nSPS) is 10.7. The first-order valence-electron chi connectivity index (χ1n) is 6.73. The molecule has 0 atom stereocenters. The molecule has 0 aromatic heterocycles. The summed E-state index contributed by atoms with van der Waals surface area (Å²) in [5.74, 6) is -0.0195. The maximum atomic E-state index is 11.9. The van der Waals surface area contributed by atoms with E-state index in [0.717, 1.165) is 16.3 Å². The van der Waals surface area contributed by atoms with Crippen LogP contribution in [0.3, 0.4) is 0 Å². The minimum Gasteiger partial charge on any atom is -0.394 e. The van der Waals surface area contributed by atoms with Gasteiger partial charge in [-0.05, 0) is 16.3 Å². The predicted molar refractivity (Wildman–Crippen MR) is 78.6 cm³/mol. The first-order valence-corrected chi connectivity index (χ1v) is 6.73. The smallest absolute Gasteiger partial charge is 0.224 e. The highest BCUT2D eigenvalue weighted by atomic mass is 16.5. The van der Waals surface area contributed by atoms with Gasteiger partial charge in [0.25, 0.3) is 0 Å². The maximum absolute atomic E-state index is 11.9. The van der Waals surface area contributed by atoms with E-state index in [1.54, 1.807) is 0 Å². The Labute approximate surface area is 118 Å². The lowest BCUT2D eigenvalue weighted by Crippen LogP contribution is -2.29. The number of fused-ring (bicyclic) bond motifs is 1. The molecule has 0 unspecified atom stereocenters. The Morgan fingerprint density at radius 1 is 1.10 bits per heavy atom. The number of rotatable bonds is 7. The van der Waals surface area contributed by atoms with Gasteiger partial charge in [-0.25, -0.2) is 0 Å². The van der Waals surface area contributed by atoms with Crippen molar-refractivity contribution in [1.82, 2.24) is 5.32 Å². The second-order valence-electron chi connectivity index (χ2n) is 4.50. The SMILES string of the molecule is O=C(Cc1cccc2ccccc12)NCCOCCO. The zero-order valence-corrected chi connectivity index (χ0v) is 11.3. The van der Waals surface area contributed by atoms with Gasteiger partial charge in [-0.2, -0.15) is 0 Å². The maximum Gasteiger partial charge on any atom is 0.224 e. The lowest BCUT2D eigenvalue weighted by atomic mass is 10.0. The highest BCUT2D eigenvalue weighted by molar-refractivity contribution is 5.90. The van der Waals surface area contributed by atoms with Gasteiger partial charge < -0.3 is 15.2 Å². The Morgan fingerprint density at radius 2 is 1.90 bits per heavy atom. The molecular weight excluding hydrogens is 254 g/mol. The van der Waals surface area contributed by atoms with Crippen LogP contribution < -0.4 is 5.32 Å². The van der Waals surface area contributed by atoms with Crippen molar-refractivity contribution in [1.29, 1.82) is 0 Å². The second kappa shape index (κ2) is 7.62. The van der Waals surface area contributed by atoms with E-state index in [-0.39, 0.29) is 12.5 Å². The van der Waals surface area contributed by atoms with Crippen LogP contribution in [0.5, 0.6) is 0 Å². The fourth-order valence-corrected chi connectivity index (χ4v) is 2.11. The van der Waals surface area contributed by atoms with Crippen LogP contribution in [0.4, 0.5) is 0 Å². The van der Waals surface area contributed by atoms with Gasteiger partial charge in [-0.1, -0.05) is 42.5 Å². The molecule has 2 aromatic carbocycles. The quantitative estimate of drug-likeness (QED) is 0.752. The van der Waals surface area contributed by atoms with E-state index in [0.29, 0.717) is 26.2 Å². The molecule has 2 rings (SSSR count). The summed E-state index contributed by atoms with van der Waals surface area (Å²) in [6.45, 7) is 1.19. The highest BCUT2D eigenvalue weighted by Crippen LogP contribution is 2.18. The summed E-state index contributed by atoms with van der Waals surface area (Å²) in [5.41, 5.74) is 1.02. The predicted octanol–water partition coefficient (Wildman–Crippen LogP) is 1.51. The summed E-state index contributed by atoms with van der Waals surface area (Å²) in [4.78, 5) is 11.9. The zero-order chi connectivity index (χ0) is 14.2. The van der Waals surface area contributed by atoms with Crippen molar-refractivity contribution >= 4 is 16.7 Å². The minimum atomic E-state index is -0.0195. The number of benzene rings is 2. The molecule has 0 aliphatic heterocycles. The molecule has 106 valence electrons. The van der Waals surface area contributed by atoms with E-state index in [1.165, 1.54) is 0 Å². The number of carbonyl (C=O) groups is 1. The summed E-state index contributed by atoms with van der Waals surface area (Å²) in [6, 6.07) is 14.0. The number of ether oxygens (including phenoxy) is 1. The third-order valence-electron chi connectivity index (χ3n) is 3.04. The largest absolute Gasteiger partial charge is 0.394 e. The van der Waals surface area contributed by atoms with E-state index in [9.17, 15) is 4.79 Å². The zero-order valence-electron chi connectivity index (χ0n) is 11.3. The summed E-state index contributed by atoms with van der Waals surface area (Å²) >= 11 is 0. The second-order valence-corrected chi connectivity index (χ2v) is 4.50. The molecular formula is C16H19NO3. The van der Waals surface area contributed by atoms with Gasteiger partial charge in [0.2, 0.25) is 5.91 Å². The average molecular weight is 273 g/mol. The summed E-state index contributed by atoms with van der Waals surface area (Å²) < 4.78 is 5.09. The van der Waals surface area contributed by atoms with Gasteiger partial charge in [-0.15, -0.1) is 0 Å². The van der Waals surface area contributed by atoms with Crippen molar-refractivity contribution in [3.63, 3.8) is 0 Å². The molecule has 4 heteroatoms. The highest BCUT2D eigenvalue weighted by Gasteiger charge is 2.06. The third kappa shape index (κ3) is 4.05. The Bertz CT molecular complexity index is 563. The van der Waals surface area contributed by atoms with E-state index >= 15 is 0 Å². The van der Waals surface area contributed by atoms with Crippen LogP contribution in [-0.4, -0.2) is 37.4 Å². The Kier molecular flexibility index (Phi) is 5.53. The molecule has 0 heterocycles.